The smallest absolute Gasteiger partial charge is 0.269 e. The zero-order chi connectivity index (χ0) is 22.3. The molecule has 4 rings (SSSR count). The Hall–Kier alpha value is -4.28. The minimum atomic E-state index is -1.27. The van der Waals surface area contributed by atoms with Gasteiger partial charge in [0.15, 0.2) is 0 Å². The van der Waals surface area contributed by atoms with Crippen LogP contribution < -0.4 is 16.6 Å². The summed E-state index contributed by atoms with van der Waals surface area (Å²) in [5, 5.41) is 26.3. The molecule has 0 fully saturated rings. The minimum absolute atomic E-state index is 0.0631. The van der Waals surface area contributed by atoms with E-state index in [1.54, 1.807) is 12.1 Å². The Kier molecular flexibility index (Phi) is 4.85. The predicted molar refractivity (Wildman–Crippen MR) is 113 cm³/mol. The summed E-state index contributed by atoms with van der Waals surface area (Å²) in [5.74, 6) is -0.982. The van der Waals surface area contributed by atoms with Gasteiger partial charge in [0.2, 0.25) is 12.0 Å². The number of nitrogens with two attached hydrogens (primary N) is 1. The lowest BCUT2D eigenvalue weighted by Crippen LogP contribution is -2.45. The summed E-state index contributed by atoms with van der Waals surface area (Å²) in [7, 11) is 0. The van der Waals surface area contributed by atoms with Crippen LogP contribution in [0.5, 0.6) is 0 Å². The average molecular weight is 422 g/mol. The highest BCUT2D eigenvalue weighted by Gasteiger charge is 2.48. The van der Waals surface area contributed by atoms with Crippen molar-refractivity contribution in [2.24, 2.45) is 0 Å². The second kappa shape index (κ2) is 7.52. The van der Waals surface area contributed by atoms with Crippen molar-refractivity contribution < 1.29 is 9.85 Å². The Labute approximate surface area is 175 Å². The van der Waals surface area contributed by atoms with Gasteiger partial charge in [-0.05, 0) is 18.1 Å². The average Bonchev–Trinajstić information content (AvgIpc) is 2.72. The molecule has 1 aromatic heterocycles. The number of H-pyrrole nitrogens is 1. The number of hydrogen-bond acceptors (Lipinski definition) is 8. The third-order valence-corrected chi connectivity index (χ3v) is 5.40. The van der Waals surface area contributed by atoms with Crippen molar-refractivity contribution in [2.45, 2.75) is 24.9 Å². The number of non-ortho nitro benzene ring substituents is 1. The SMILES string of the molecule is Cc1ccc([C@H]2Nc3nc(N)[nH]c(=O)c3[C@H](c3ccc([N+](=O)[O-])cc3)[C@H]2[N+](=O)[O-])cc1. The molecule has 0 aliphatic carbocycles. The van der Waals surface area contributed by atoms with Crippen molar-refractivity contribution in [2.75, 3.05) is 11.1 Å². The van der Waals surface area contributed by atoms with Crippen LogP contribution in [0.2, 0.25) is 0 Å². The van der Waals surface area contributed by atoms with Gasteiger partial charge in [-0.25, -0.2) is 0 Å². The van der Waals surface area contributed by atoms with Crippen molar-refractivity contribution in [3.05, 3.63) is 101 Å². The number of aromatic nitrogens is 2. The summed E-state index contributed by atoms with van der Waals surface area (Å²) >= 11 is 0. The lowest BCUT2D eigenvalue weighted by atomic mass is 9.78. The van der Waals surface area contributed by atoms with Crippen LogP contribution in [0.15, 0.2) is 53.3 Å². The first-order valence-electron chi connectivity index (χ1n) is 9.37. The molecule has 3 aromatic rings. The topological polar surface area (TPSA) is 170 Å². The molecule has 1 aliphatic heterocycles. The van der Waals surface area contributed by atoms with Crippen molar-refractivity contribution in [3.63, 3.8) is 0 Å². The second-order valence-corrected chi connectivity index (χ2v) is 7.35. The molecular weight excluding hydrogens is 404 g/mol. The third kappa shape index (κ3) is 3.56. The largest absolute Gasteiger partial charge is 0.369 e. The Morgan fingerprint density at radius 2 is 1.61 bits per heavy atom. The van der Waals surface area contributed by atoms with Crippen molar-refractivity contribution in [3.8, 4) is 0 Å². The number of hydrogen-bond donors (Lipinski definition) is 3. The monoisotopic (exact) mass is 422 g/mol. The lowest BCUT2D eigenvalue weighted by molar-refractivity contribution is -0.529. The molecule has 0 saturated carbocycles. The zero-order valence-corrected chi connectivity index (χ0v) is 16.3. The van der Waals surface area contributed by atoms with Gasteiger partial charge >= 0.3 is 0 Å². The summed E-state index contributed by atoms with van der Waals surface area (Å²) in [6.07, 6.45) is 0. The van der Waals surface area contributed by atoms with Crippen LogP contribution in [0.25, 0.3) is 0 Å². The number of anilines is 2. The Bertz CT molecular complexity index is 1220. The molecule has 11 heteroatoms. The van der Waals surface area contributed by atoms with E-state index in [1.807, 2.05) is 19.1 Å². The molecule has 31 heavy (non-hydrogen) atoms. The highest BCUT2D eigenvalue weighted by molar-refractivity contribution is 5.57. The van der Waals surface area contributed by atoms with E-state index < -0.39 is 33.4 Å². The molecule has 0 radical (unpaired) electrons. The molecule has 1 aliphatic rings. The quantitative estimate of drug-likeness (QED) is 0.425. The van der Waals surface area contributed by atoms with Gasteiger partial charge in [-0.15, -0.1) is 0 Å². The van der Waals surface area contributed by atoms with Crippen molar-refractivity contribution in [1.29, 1.82) is 0 Å². The summed E-state index contributed by atoms with van der Waals surface area (Å²) in [5.41, 5.74) is 7.03. The van der Waals surface area contributed by atoms with Crippen LogP contribution >= 0.6 is 0 Å². The number of nitrogens with zero attached hydrogens (tertiary/aromatic N) is 3. The normalized spacial score (nSPS) is 19.8. The fraction of sp³-hybridized carbons (Fsp3) is 0.200. The predicted octanol–water partition coefficient (Wildman–Crippen LogP) is 2.51. The van der Waals surface area contributed by atoms with E-state index in [-0.39, 0.29) is 23.0 Å². The molecule has 2 heterocycles. The number of nitrogens with one attached hydrogen (secondary N) is 2. The third-order valence-electron chi connectivity index (χ3n) is 5.40. The van der Waals surface area contributed by atoms with Gasteiger partial charge in [0.25, 0.3) is 11.2 Å². The maximum atomic E-state index is 12.8. The number of aryl methyl sites for hydroxylation is 1. The highest BCUT2D eigenvalue weighted by Crippen LogP contribution is 2.43. The molecule has 3 atom stereocenters. The summed E-state index contributed by atoms with van der Waals surface area (Å²) in [6.45, 7) is 1.90. The van der Waals surface area contributed by atoms with E-state index in [0.717, 1.165) is 5.56 Å². The van der Waals surface area contributed by atoms with E-state index >= 15 is 0 Å². The number of benzene rings is 2. The first-order chi connectivity index (χ1) is 14.8. The number of fused-ring (bicyclic) bond motifs is 1. The van der Waals surface area contributed by atoms with Crippen molar-refractivity contribution in [1.82, 2.24) is 9.97 Å². The van der Waals surface area contributed by atoms with Crippen LogP contribution in [0, 0.1) is 27.2 Å². The fourth-order valence-electron chi connectivity index (χ4n) is 3.96. The van der Waals surface area contributed by atoms with Crippen LogP contribution in [-0.4, -0.2) is 25.9 Å². The van der Waals surface area contributed by atoms with Gasteiger partial charge in [-0.2, -0.15) is 4.98 Å². The van der Waals surface area contributed by atoms with Gasteiger partial charge in [0.05, 0.1) is 16.4 Å². The molecule has 0 saturated heterocycles. The maximum absolute atomic E-state index is 12.8. The number of nitrogen functional groups attached to an aromatic ring is 1. The second-order valence-electron chi connectivity index (χ2n) is 7.35. The number of rotatable bonds is 4. The number of nitro benzene ring substituents is 1. The standard InChI is InChI=1S/C20H18N6O5/c1-10-2-4-12(5-3-10)16-17(26(30)31)14(11-6-8-13(9-7-11)25(28)29)15-18(22-16)23-20(21)24-19(15)27/h2-9,14,16-17H,1H3,(H4,21,22,23,24,27)/t14-,16+,17+/m0/s1. The Morgan fingerprint density at radius 1 is 1.00 bits per heavy atom. The molecular formula is C20H18N6O5. The Balaban J connectivity index is 1.94. The molecule has 0 unspecified atom stereocenters. The first-order valence-corrected chi connectivity index (χ1v) is 9.37. The summed E-state index contributed by atoms with van der Waals surface area (Å²) in [6, 6.07) is 10.5. The molecule has 158 valence electrons. The van der Waals surface area contributed by atoms with Crippen molar-refractivity contribution >= 4 is 17.5 Å². The molecule has 11 nitrogen and oxygen atoms in total. The molecule has 0 spiro atoms. The van der Waals surface area contributed by atoms with E-state index in [0.29, 0.717) is 11.1 Å². The molecule has 0 amide bonds. The summed E-state index contributed by atoms with van der Waals surface area (Å²) in [4.78, 5) is 41.6. The number of nitro groups is 2. The highest BCUT2D eigenvalue weighted by atomic mass is 16.6. The maximum Gasteiger partial charge on any atom is 0.269 e. The minimum Gasteiger partial charge on any atom is -0.369 e. The van der Waals surface area contributed by atoms with E-state index in [1.165, 1.54) is 24.3 Å². The Morgan fingerprint density at radius 3 is 2.19 bits per heavy atom. The van der Waals surface area contributed by atoms with Gasteiger partial charge in [0.1, 0.15) is 11.9 Å². The van der Waals surface area contributed by atoms with E-state index in [2.05, 4.69) is 15.3 Å². The van der Waals surface area contributed by atoms with Crippen LogP contribution in [0.3, 0.4) is 0 Å². The van der Waals surface area contributed by atoms with E-state index in [4.69, 9.17) is 5.73 Å². The van der Waals surface area contributed by atoms with Gasteiger partial charge in [0, 0.05) is 17.1 Å². The van der Waals surface area contributed by atoms with Crippen LogP contribution in [-0.2, 0) is 0 Å². The molecule has 0 bridgehead atoms. The van der Waals surface area contributed by atoms with Crippen LogP contribution in [0.1, 0.15) is 34.2 Å². The van der Waals surface area contributed by atoms with Gasteiger partial charge in [-0.3, -0.25) is 30.0 Å². The fourth-order valence-corrected chi connectivity index (χ4v) is 3.96. The lowest BCUT2D eigenvalue weighted by Gasteiger charge is -2.34. The first kappa shape index (κ1) is 20.0. The van der Waals surface area contributed by atoms with E-state index in [9.17, 15) is 25.0 Å². The summed E-state index contributed by atoms with van der Waals surface area (Å²) < 4.78 is 0. The van der Waals surface area contributed by atoms with Gasteiger partial charge in [-0.1, -0.05) is 42.0 Å². The molecule has 2 aromatic carbocycles. The zero-order valence-electron chi connectivity index (χ0n) is 16.3. The van der Waals surface area contributed by atoms with Crippen LogP contribution in [0.4, 0.5) is 17.5 Å². The molecule has 4 N–H and O–H groups in total. The van der Waals surface area contributed by atoms with Gasteiger partial charge < -0.3 is 11.1 Å². The number of aromatic amines is 1.